The molecule has 1 heterocycles. The molecule has 0 aliphatic rings. The minimum absolute atomic E-state index is 0.0596. The summed E-state index contributed by atoms with van der Waals surface area (Å²) >= 11 is 0. The number of nitrogens with one attached hydrogen (secondary N) is 1. The minimum Gasteiger partial charge on any atom is -0.384 e. The summed E-state index contributed by atoms with van der Waals surface area (Å²) in [5.74, 6) is 6.04. The van der Waals surface area contributed by atoms with Crippen LogP contribution in [0.1, 0.15) is 19.4 Å². The zero-order chi connectivity index (χ0) is 12.0. The van der Waals surface area contributed by atoms with Gasteiger partial charge in [0.2, 0.25) is 0 Å². The number of anilines is 1. The van der Waals surface area contributed by atoms with Crippen LogP contribution in [0.3, 0.4) is 0 Å². The zero-order valence-corrected chi connectivity index (χ0v) is 9.81. The lowest BCUT2D eigenvalue weighted by Crippen LogP contribution is -2.45. The van der Waals surface area contributed by atoms with Gasteiger partial charge in [-0.05, 0) is 38.0 Å². The van der Waals surface area contributed by atoms with Crippen LogP contribution in [0.4, 0.5) is 5.82 Å². The highest BCUT2D eigenvalue weighted by atomic mass is 16.5. The van der Waals surface area contributed by atoms with Gasteiger partial charge in [-0.25, -0.2) is 4.98 Å². The highest BCUT2D eigenvalue weighted by Gasteiger charge is 2.16. The molecule has 0 fully saturated rings. The van der Waals surface area contributed by atoms with Gasteiger partial charge in [0.15, 0.2) is 0 Å². The number of hydrogen-bond acceptors (Lipinski definition) is 5. The van der Waals surface area contributed by atoms with Crippen LogP contribution in [0.2, 0.25) is 0 Å². The van der Waals surface area contributed by atoms with Crippen LogP contribution in [0.15, 0.2) is 18.3 Å². The Hall–Kier alpha value is -1.17. The molecule has 0 aromatic carbocycles. The molecule has 5 heteroatoms. The van der Waals surface area contributed by atoms with Crippen molar-refractivity contribution in [1.29, 1.82) is 0 Å². The lowest BCUT2D eigenvalue weighted by Gasteiger charge is -2.23. The van der Waals surface area contributed by atoms with E-state index in [1.807, 2.05) is 26.0 Å². The maximum atomic E-state index is 5.62. The Kier molecular flexibility index (Phi) is 5.18. The average Bonchev–Trinajstić information content (AvgIpc) is 2.26. The van der Waals surface area contributed by atoms with Crippen molar-refractivity contribution in [3.63, 3.8) is 0 Å². The second-order valence-corrected chi connectivity index (χ2v) is 3.73. The predicted molar refractivity (Wildman–Crippen MR) is 64.6 cm³/mol. The Morgan fingerprint density at radius 1 is 1.56 bits per heavy atom. The van der Waals surface area contributed by atoms with Gasteiger partial charge in [0.1, 0.15) is 5.82 Å². The van der Waals surface area contributed by atoms with Gasteiger partial charge in [-0.1, -0.05) is 0 Å². The van der Waals surface area contributed by atoms with Gasteiger partial charge < -0.3 is 10.5 Å². The van der Waals surface area contributed by atoms with E-state index in [-0.39, 0.29) is 12.1 Å². The number of ether oxygens (including phenoxy) is 1. The van der Waals surface area contributed by atoms with Crippen molar-refractivity contribution in [2.24, 2.45) is 5.84 Å². The molecular weight excluding hydrogens is 204 g/mol. The van der Waals surface area contributed by atoms with E-state index in [1.54, 1.807) is 6.20 Å². The minimum atomic E-state index is 0.0596. The number of nitrogens with zero attached hydrogens (tertiary/aromatic N) is 1. The SMILES string of the molecule is CCOC(C)C(Cc1ccnc(N)c1)NN. The molecule has 2 atom stereocenters. The number of aromatic nitrogens is 1. The molecule has 0 aliphatic heterocycles. The third-order valence-electron chi connectivity index (χ3n) is 2.51. The van der Waals surface area contributed by atoms with E-state index in [9.17, 15) is 0 Å². The van der Waals surface area contributed by atoms with Crippen LogP contribution in [-0.4, -0.2) is 23.7 Å². The van der Waals surface area contributed by atoms with Crippen LogP contribution in [0, 0.1) is 0 Å². The second-order valence-electron chi connectivity index (χ2n) is 3.73. The van der Waals surface area contributed by atoms with Crippen molar-refractivity contribution in [2.45, 2.75) is 32.4 Å². The Morgan fingerprint density at radius 2 is 2.31 bits per heavy atom. The van der Waals surface area contributed by atoms with Gasteiger partial charge in [0.05, 0.1) is 12.1 Å². The number of pyridine rings is 1. The molecule has 16 heavy (non-hydrogen) atoms. The summed E-state index contributed by atoms with van der Waals surface area (Å²) in [4.78, 5) is 3.95. The van der Waals surface area contributed by atoms with E-state index in [2.05, 4.69) is 10.4 Å². The molecule has 0 radical (unpaired) electrons. The molecule has 1 aromatic heterocycles. The molecule has 0 bridgehead atoms. The number of hydrazine groups is 1. The Bertz CT molecular complexity index is 319. The standard InChI is InChI=1S/C11H20N4O/c1-3-16-8(2)10(15-13)6-9-4-5-14-11(12)7-9/h4-5,7-8,10,15H,3,6,13H2,1-2H3,(H2,12,14). The maximum absolute atomic E-state index is 5.62. The van der Waals surface area contributed by atoms with Gasteiger partial charge in [0, 0.05) is 12.8 Å². The van der Waals surface area contributed by atoms with E-state index in [1.165, 1.54) is 0 Å². The quantitative estimate of drug-likeness (QED) is 0.483. The van der Waals surface area contributed by atoms with Gasteiger partial charge in [-0.15, -0.1) is 0 Å². The first-order chi connectivity index (χ1) is 7.67. The molecule has 5 N–H and O–H groups in total. The first-order valence-electron chi connectivity index (χ1n) is 5.45. The molecule has 5 nitrogen and oxygen atoms in total. The van der Waals surface area contributed by atoms with Crippen LogP contribution in [0.25, 0.3) is 0 Å². The summed E-state index contributed by atoms with van der Waals surface area (Å²) in [7, 11) is 0. The van der Waals surface area contributed by atoms with Crippen molar-refractivity contribution in [3.8, 4) is 0 Å². The molecule has 90 valence electrons. The number of rotatable bonds is 6. The third-order valence-corrected chi connectivity index (χ3v) is 2.51. The molecule has 0 saturated carbocycles. The van der Waals surface area contributed by atoms with Gasteiger partial charge in [-0.3, -0.25) is 11.3 Å². The summed E-state index contributed by atoms with van der Waals surface area (Å²) < 4.78 is 5.51. The van der Waals surface area contributed by atoms with Crippen molar-refractivity contribution >= 4 is 5.82 Å². The van der Waals surface area contributed by atoms with E-state index in [0.717, 1.165) is 12.0 Å². The Morgan fingerprint density at radius 3 is 2.88 bits per heavy atom. The molecule has 0 amide bonds. The van der Waals surface area contributed by atoms with Crippen molar-refractivity contribution < 1.29 is 4.74 Å². The number of nitrogens with two attached hydrogens (primary N) is 2. The molecule has 1 aromatic rings. The lowest BCUT2D eigenvalue weighted by atomic mass is 10.0. The van der Waals surface area contributed by atoms with Crippen molar-refractivity contribution in [2.75, 3.05) is 12.3 Å². The van der Waals surface area contributed by atoms with E-state index in [0.29, 0.717) is 12.4 Å². The van der Waals surface area contributed by atoms with E-state index < -0.39 is 0 Å². The second kappa shape index (κ2) is 6.42. The van der Waals surface area contributed by atoms with Gasteiger partial charge in [-0.2, -0.15) is 0 Å². The summed E-state index contributed by atoms with van der Waals surface area (Å²) in [6.07, 6.45) is 2.53. The van der Waals surface area contributed by atoms with Crippen LogP contribution in [0.5, 0.6) is 0 Å². The molecule has 1 rings (SSSR count). The highest BCUT2D eigenvalue weighted by Crippen LogP contribution is 2.09. The first kappa shape index (κ1) is 12.9. The van der Waals surface area contributed by atoms with E-state index >= 15 is 0 Å². The highest BCUT2D eigenvalue weighted by molar-refractivity contribution is 5.32. The topological polar surface area (TPSA) is 86.2 Å². The summed E-state index contributed by atoms with van der Waals surface area (Å²) in [5, 5.41) is 0. The molecule has 0 spiro atoms. The molecular formula is C11H20N4O. The molecule has 0 saturated heterocycles. The third kappa shape index (κ3) is 3.77. The van der Waals surface area contributed by atoms with Crippen LogP contribution < -0.4 is 17.0 Å². The Labute approximate surface area is 96.2 Å². The maximum Gasteiger partial charge on any atom is 0.123 e. The fraction of sp³-hybridized carbons (Fsp3) is 0.545. The summed E-state index contributed by atoms with van der Waals surface area (Å²) in [6.45, 7) is 4.64. The van der Waals surface area contributed by atoms with Crippen molar-refractivity contribution in [1.82, 2.24) is 10.4 Å². The fourth-order valence-electron chi connectivity index (χ4n) is 1.61. The van der Waals surface area contributed by atoms with Gasteiger partial charge >= 0.3 is 0 Å². The average molecular weight is 224 g/mol. The van der Waals surface area contributed by atoms with E-state index in [4.69, 9.17) is 16.3 Å². The summed E-state index contributed by atoms with van der Waals surface area (Å²) in [6, 6.07) is 3.85. The normalized spacial score (nSPS) is 14.7. The first-order valence-corrected chi connectivity index (χ1v) is 5.45. The molecule has 2 unspecified atom stereocenters. The fourth-order valence-corrected chi connectivity index (χ4v) is 1.61. The van der Waals surface area contributed by atoms with Crippen molar-refractivity contribution in [3.05, 3.63) is 23.9 Å². The monoisotopic (exact) mass is 224 g/mol. The smallest absolute Gasteiger partial charge is 0.123 e. The predicted octanol–water partition coefficient (Wildman–Crippen LogP) is 0.463. The largest absolute Gasteiger partial charge is 0.384 e. The lowest BCUT2D eigenvalue weighted by molar-refractivity contribution is 0.0476. The Balaban J connectivity index is 2.62. The number of nitrogen functional groups attached to an aromatic ring is 1. The van der Waals surface area contributed by atoms with Crippen LogP contribution in [-0.2, 0) is 11.2 Å². The van der Waals surface area contributed by atoms with Gasteiger partial charge in [0.25, 0.3) is 0 Å². The zero-order valence-electron chi connectivity index (χ0n) is 9.81. The number of hydrogen-bond donors (Lipinski definition) is 3. The van der Waals surface area contributed by atoms with Crippen LogP contribution >= 0.6 is 0 Å². The summed E-state index contributed by atoms with van der Waals surface area (Å²) in [5.41, 5.74) is 9.48. The molecule has 0 aliphatic carbocycles.